The van der Waals surface area contributed by atoms with Gasteiger partial charge in [-0.2, -0.15) is 0 Å². The van der Waals surface area contributed by atoms with Gasteiger partial charge in [0.1, 0.15) is 0 Å². The van der Waals surface area contributed by atoms with Gasteiger partial charge in [0, 0.05) is 17.9 Å². The Hall–Kier alpha value is -1.33. The van der Waals surface area contributed by atoms with Crippen LogP contribution in [0.5, 0.6) is 0 Å². The molecule has 1 aromatic heterocycles. The summed E-state index contributed by atoms with van der Waals surface area (Å²) in [4.78, 5) is 1.06. The van der Waals surface area contributed by atoms with E-state index >= 15 is 0 Å². The number of hydrogen-bond donors (Lipinski definition) is 1. The zero-order chi connectivity index (χ0) is 11.5. The second kappa shape index (κ2) is 4.67. The first-order chi connectivity index (χ1) is 7.65. The lowest BCUT2D eigenvalue weighted by Crippen LogP contribution is -2.04. The second-order valence-corrected chi connectivity index (χ2v) is 4.57. The Kier molecular flexibility index (Phi) is 3.26. The summed E-state index contributed by atoms with van der Waals surface area (Å²) in [6.07, 6.45) is 0. The molecule has 0 spiro atoms. The summed E-state index contributed by atoms with van der Waals surface area (Å²) in [6.45, 7) is 3.74. The highest BCUT2D eigenvalue weighted by Gasteiger charge is 2.05. The molecule has 2 N–H and O–H groups in total. The van der Waals surface area contributed by atoms with Gasteiger partial charge < -0.3 is 10.2 Å². The van der Waals surface area contributed by atoms with Gasteiger partial charge in [-0.05, 0) is 36.4 Å². The van der Waals surface area contributed by atoms with Crippen molar-refractivity contribution in [2.45, 2.75) is 30.0 Å². The van der Waals surface area contributed by atoms with Crippen molar-refractivity contribution in [3.63, 3.8) is 0 Å². The van der Waals surface area contributed by atoms with Crippen molar-refractivity contribution in [1.29, 1.82) is 0 Å². The molecule has 0 aliphatic rings. The number of nitrogens with zero attached hydrogens (tertiary/aromatic N) is 2. The predicted molar refractivity (Wildman–Crippen MR) is 62.2 cm³/mol. The molecule has 5 heteroatoms. The van der Waals surface area contributed by atoms with E-state index in [9.17, 15) is 0 Å². The number of rotatable bonds is 3. The lowest BCUT2D eigenvalue weighted by molar-refractivity contribution is 0.429. The lowest BCUT2D eigenvalue weighted by Gasteiger charge is -2.05. The summed E-state index contributed by atoms with van der Waals surface area (Å²) in [7, 11) is 0. The maximum absolute atomic E-state index is 5.77. The lowest BCUT2D eigenvalue weighted by atomic mass is 10.1. The summed E-state index contributed by atoms with van der Waals surface area (Å²) in [5.74, 6) is 0.578. The first kappa shape index (κ1) is 11.2. The molecule has 1 heterocycles. The van der Waals surface area contributed by atoms with Crippen LogP contribution in [0, 0.1) is 6.92 Å². The molecular weight excluding hydrogens is 222 g/mol. The summed E-state index contributed by atoms with van der Waals surface area (Å²) < 4.78 is 5.28. The third kappa shape index (κ3) is 2.62. The monoisotopic (exact) mass is 235 g/mol. The molecule has 0 radical (unpaired) electrons. The fourth-order valence-corrected chi connectivity index (χ4v) is 1.98. The molecule has 84 valence electrons. The molecule has 2 aromatic rings. The zero-order valence-corrected chi connectivity index (χ0v) is 9.99. The molecular formula is C11H13N3OS. The third-order valence-electron chi connectivity index (χ3n) is 2.12. The molecule has 1 aromatic carbocycles. The van der Waals surface area contributed by atoms with E-state index in [4.69, 9.17) is 10.2 Å². The normalized spacial score (nSPS) is 12.7. The van der Waals surface area contributed by atoms with Crippen LogP contribution in [0.3, 0.4) is 0 Å². The molecule has 4 nitrogen and oxygen atoms in total. The first-order valence-electron chi connectivity index (χ1n) is 4.98. The van der Waals surface area contributed by atoms with E-state index in [1.165, 1.54) is 11.8 Å². The van der Waals surface area contributed by atoms with Crippen LogP contribution in [0.4, 0.5) is 0 Å². The number of nitrogens with two attached hydrogens (primary N) is 1. The van der Waals surface area contributed by atoms with Gasteiger partial charge in [0.2, 0.25) is 5.89 Å². The van der Waals surface area contributed by atoms with Gasteiger partial charge in [0.05, 0.1) is 0 Å². The second-order valence-electron chi connectivity index (χ2n) is 3.55. The Balaban J connectivity index is 2.11. The molecule has 0 aliphatic heterocycles. The van der Waals surface area contributed by atoms with Crippen LogP contribution < -0.4 is 5.73 Å². The fourth-order valence-electron chi connectivity index (χ4n) is 1.26. The number of aromatic nitrogens is 2. The van der Waals surface area contributed by atoms with Crippen LogP contribution in [-0.2, 0) is 0 Å². The minimum atomic E-state index is 0.0599. The largest absolute Gasteiger partial charge is 0.416 e. The van der Waals surface area contributed by atoms with Gasteiger partial charge >= 0.3 is 0 Å². The number of hydrogen-bond acceptors (Lipinski definition) is 5. The maximum Gasteiger partial charge on any atom is 0.281 e. The molecule has 0 bridgehead atoms. The summed E-state index contributed by atoms with van der Waals surface area (Å²) in [6, 6.07) is 8.09. The standard InChI is InChI=1S/C11H13N3OS/c1-7(12)9-3-5-10(6-4-9)16-11-14-13-8(2)15-11/h3-7H,12H2,1-2H3/t7-/m0/s1. The summed E-state index contributed by atoms with van der Waals surface area (Å²) >= 11 is 1.45. The van der Waals surface area contributed by atoms with Crippen molar-refractivity contribution in [2.75, 3.05) is 0 Å². The van der Waals surface area contributed by atoms with Gasteiger partial charge in [0.25, 0.3) is 5.22 Å². The van der Waals surface area contributed by atoms with E-state index in [1.54, 1.807) is 6.92 Å². The van der Waals surface area contributed by atoms with Crippen LogP contribution in [0.2, 0.25) is 0 Å². The van der Waals surface area contributed by atoms with Crippen LogP contribution in [0.1, 0.15) is 24.4 Å². The van der Waals surface area contributed by atoms with E-state index in [1.807, 2.05) is 31.2 Å². The summed E-state index contributed by atoms with van der Waals surface area (Å²) in [5, 5.41) is 8.25. The van der Waals surface area contributed by atoms with Crippen molar-refractivity contribution in [3.05, 3.63) is 35.7 Å². The quantitative estimate of drug-likeness (QED) is 0.885. The average Bonchev–Trinajstić information content (AvgIpc) is 2.65. The molecule has 0 fully saturated rings. The van der Waals surface area contributed by atoms with Crippen molar-refractivity contribution < 1.29 is 4.42 Å². The van der Waals surface area contributed by atoms with Gasteiger partial charge in [-0.25, -0.2) is 0 Å². The molecule has 16 heavy (non-hydrogen) atoms. The number of aryl methyl sites for hydroxylation is 1. The molecule has 0 saturated carbocycles. The smallest absolute Gasteiger partial charge is 0.281 e. The average molecular weight is 235 g/mol. The highest BCUT2D eigenvalue weighted by atomic mass is 32.2. The van der Waals surface area contributed by atoms with Crippen LogP contribution in [0.25, 0.3) is 0 Å². The Morgan fingerprint density at radius 2 is 1.94 bits per heavy atom. The predicted octanol–water partition coefficient (Wildman–Crippen LogP) is 2.55. The van der Waals surface area contributed by atoms with Crippen LogP contribution >= 0.6 is 11.8 Å². The molecule has 0 saturated heterocycles. The molecule has 0 amide bonds. The van der Waals surface area contributed by atoms with E-state index < -0.39 is 0 Å². The summed E-state index contributed by atoms with van der Waals surface area (Å²) in [5.41, 5.74) is 6.89. The Morgan fingerprint density at radius 1 is 1.25 bits per heavy atom. The topological polar surface area (TPSA) is 64.9 Å². The Morgan fingerprint density at radius 3 is 2.44 bits per heavy atom. The highest BCUT2D eigenvalue weighted by molar-refractivity contribution is 7.99. The van der Waals surface area contributed by atoms with E-state index in [0.717, 1.165) is 10.5 Å². The van der Waals surface area contributed by atoms with E-state index in [0.29, 0.717) is 11.1 Å². The van der Waals surface area contributed by atoms with Crippen molar-refractivity contribution >= 4 is 11.8 Å². The van der Waals surface area contributed by atoms with Crippen molar-refractivity contribution in [2.24, 2.45) is 5.73 Å². The minimum Gasteiger partial charge on any atom is -0.416 e. The molecule has 1 atom stereocenters. The van der Waals surface area contributed by atoms with Gasteiger partial charge in [0.15, 0.2) is 0 Å². The highest BCUT2D eigenvalue weighted by Crippen LogP contribution is 2.27. The van der Waals surface area contributed by atoms with Crippen molar-refractivity contribution in [1.82, 2.24) is 10.2 Å². The zero-order valence-electron chi connectivity index (χ0n) is 9.18. The SMILES string of the molecule is Cc1nnc(Sc2ccc([C@H](C)N)cc2)o1. The fraction of sp³-hybridized carbons (Fsp3) is 0.273. The first-order valence-corrected chi connectivity index (χ1v) is 5.80. The third-order valence-corrected chi connectivity index (χ3v) is 2.97. The molecule has 0 unspecified atom stereocenters. The number of benzene rings is 1. The Bertz CT molecular complexity index is 464. The maximum atomic E-state index is 5.77. The van der Waals surface area contributed by atoms with Gasteiger partial charge in [-0.1, -0.05) is 12.1 Å². The minimum absolute atomic E-state index is 0.0599. The van der Waals surface area contributed by atoms with Crippen LogP contribution in [-0.4, -0.2) is 10.2 Å². The van der Waals surface area contributed by atoms with Gasteiger partial charge in [-0.3, -0.25) is 0 Å². The van der Waals surface area contributed by atoms with E-state index in [2.05, 4.69) is 10.2 Å². The Labute approximate surface area is 98.2 Å². The van der Waals surface area contributed by atoms with Crippen molar-refractivity contribution in [3.8, 4) is 0 Å². The molecule has 0 aliphatic carbocycles. The van der Waals surface area contributed by atoms with Crippen LogP contribution in [0.15, 0.2) is 38.8 Å². The molecule has 2 rings (SSSR count). The van der Waals surface area contributed by atoms with E-state index in [-0.39, 0.29) is 6.04 Å². The van der Waals surface area contributed by atoms with Gasteiger partial charge in [-0.15, -0.1) is 10.2 Å².